The topological polar surface area (TPSA) is 80.9 Å². The second-order valence-electron chi connectivity index (χ2n) is 4.81. The van der Waals surface area contributed by atoms with E-state index in [-0.39, 0.29) is 11.7 Å². The second kappa shape index (κ2) is 8.22. The Morgan fingerprint density at radius 1 is 1.32 bits per heavy atom. The lowest BCUT2D eigenvalue weighted by molar-refractivity contribution is -0.113. The average molecular weight is 413 g/mol. The molecule has 2 aromatic heterocycles. The zero-order chi connectivity index (χ0) is 17.8. The molecule has 6 nitrogen and oxygen atoms in total. The maximum absolute atomic E-state index is 12.0. The van der Waals surface area contributed by atoms with Crippen LogP contribution in [0.15, 0.2) is 38.1 Å². The van der Waals surface area contributed by atoms with Crippen LogP contribution in [0.3, 0.4) is 0 Å². The first-order valence-corrected chi connectivity index (χ1v) is 10.5. The summed E-state index contributed by atoms with van der Waals surface area (Å²) in [4.78, 5) is 16.4. The molecule has 1 N–H and O–H groups in total. The first-order valence-electron chi connectivity index (χ1n) is 7.08. The summed E-state index contributed by atoms with van der Waals surface area (Å²) in [5.74, 6) is 0.382. The van der Waals surface area contributed by atoms with Crippen molar-refractivity contribution < 1.29 is 9.21 Å². The molecule has 1 amide bonds. The Balaban J connectivity index is 1.56. The van der Waals surface area contributed by atoms with Crippen LogP contribution < -0.4 is 5.32 Å². The normalized spacial score (nSPS) is 10.8. The highest BCUT2D eigenvalue weighted by Crippen LogP contribution is 2.30. The first kappa shape index (κ1) is 18.2. The number of benzene rings is 1. The number of aromatic nitrogens is 3. The molecule has 2 heterocycles. The van der Waals surface area contributed by atoms with Gasteiger partial charge in [-0.2, -0.15) is 0 Å². The van der Waals surface area contributed by atoms with Gasteiger partial charge in [0, 0.05) is 10.6 Å². The second-order valence-corrected chi connectivity index (χ2v) is 8.25. The molecule has 0 saturated heterocycles. The number of amides is 1. The van der Waals surface area contributed by atoms with E-state index >= 15 is 0 Å². The van der Waals surface area contributed by atoms with E-state index in [2.05, 4.69) is 20.5 Å². The minimum absolute atomic E-state index is 0.162. The van der Waals surface area contributed by atoms with E-state index in [9.17, 15) is 4.79 Å². The van der Waals surface area contributed by atoms with Crippen molar-refractivity contribution in [2.45, 2.75) is 16.4 Å². The van der Waals surface area contributed by atoms with Crippen LogP contribution in [0.4, 0.5) is 5.13 Å². The maximum atomic E-state index is 12.0. The minimum Gasteiger partial charge on any atom is -0.411 e. The lowest BCUT2D eigenvalue weighted by Gasteiger charge is -1.98. The fourth-order valence-electron chi connectivity index (χ4n) is 1.89. The number of thiazole rings is 1. The SMILES string of the molecule is CSc1sc(NC(=O)CSc2nnc(-c3ccc(Cl)cc3)o2)nc1C. The molecule has 10 heteroatoms. The Morgan fingerprint density at radius 3 is 2.76 bits per heavy atom. The molecular weight excluding hydrogens is 400 g/mol. The first-order chi connectivity index (χ1) is 12.0. The van der Waals surface area contributed by atoms with Gasteiger partial charge in [0.05, 0.1) is 15.7 Å². The van der Waals surface area contributed by atoms with Crippen molar-refractivity contribution in [3.05, 3.63) is 35.0 Å². The number of carbonyl (C=O) groups is 1. The highest BCUT2D eigenvalue weighted by Gasteiger charge is 2.13. The summed E-state index contributed by atoms with van der Waals surface area (Å²) in [6, 6.07) is 7.09. The van der Waals surface area contributed by atoms with Gasteiger partial charge in [0.1, 0.15) is 0 Å². The molecule has 0 unspecified atom stereocenters. The summed E-state index contributed by atoms with van der Waals surface area (Å²) >= 11 is 10.1. The molecule has 0 aliphatic rings. The van der Waals surface area contributed by atoms with E-state index in [1.807, 2.05) is 13.2 Å². The zero-order valence-corrected chi connectivity index (χ0v) is 16.5. The van der Waals surface area contributed by atoms with Crippen LogP contribution in [0.5, 0.6) is 0 Å². The molecule has 0 atom stereocenters. The standard InChI is InChI=1S/C15H13ClN4O2S3/c1-8-13(23-2)25-14(17-8)18-11(21)7-24-15-20-19-12(22-15)9-3-5-10(16)6-4-9/h3-6H,7H2,1-2H3,(H,17,18,21). The molecule has 0 aliphatic carbocycles. The van der Waals surface area contributed by atoms with Gasteiger partial charge in [-0.15, -0.1) is 22.0 Å². The van der Waals surface area contributed by atoms with Gasteiger partial charge in [-0.25, -0.2) is 4.98 Å². The van der Waals surface area contributed by atoms with Crippen molar-refractivity contribution in [2.24, 2.45) is 0 Å². The van der Waals surface area contributed by atoms with E-state index in [1.165, 1.54) is 23.1 Å². The number of carbonyl (C=O) groups excluding carboxylic acids is 1. The van der Waals surface area contributed by atoms with Gasteiger partial charge < -0.3 is 9.73 Å². The molecule has 0 fully saturated rings. The summed E-state index contributed by atoms with van der Waals surface area (Å²) in [6.45, 7) is 1.92. The number of nitrogens with one attached hydrogen (secondary N) is 1. The van der Waals surface area contributed by atoms with Crippen LogP contribution in [0, 0.1) is 6.92 Å². The number of nitrogens with zero attached hydrogens (tertiary/aromatic N) is 3. The van der Waals surface area contributed by atoms with Gasteiger partial charge in [0.25, 0.3) is 5.22 Å². The predicted octanol–water partition coefficient (Wildman–Crippen LogP) is 4.61. The lowest BCUT2D eigenvalue weighted by atomic mass is 10.2. The van der Waals surface area contributed by atoms with Crippen LogP contribution in [-0.4, -0.2) is 33.1 Å². The molecule has 3 rings (SSSR count). The van der Waals surface area contributed by atoms with Gasteiger partial charge in [0.15, 0.2) is 5.13 Å². The minimum atomic E-state index is -0.169. The molecule has 1 aromatic carbocycles. The number of anilines is 1. The smallest absolute Gasteiger partial charge is 0.277 e. The molecule has 25 heavy (non-hydrogen) atoms. The Labute approximate surface area is 161 Å². The fraction of sp³-hybridized carbons (Fsp3) is 0.200. The van der Waals surface area contributed by atoms with Crippen molar-refractivity contribution in [3.8, 4) is 11.5 Å². The number of halogens is 1. The van der Waals surface area contributed by atoms with E-state index in [0.29, 0.717) is 21.3 Å². The summed E-state index contributed by atoms with van der Waals surface area (Å²) in [6.07, 6.45) is 1.98. The number of hydrogen-bond acceptors (Lipinski definition) is 8. The van der Waals surface area contributed by atoms with Crippen molar-refractivity contribution in [1.82, 2.24) is 15.2 Å². The van der Waals surface area contributed by atoms with Crippen LogP contribution in [0.1, 0.15) is 5.69 Å². The third-order valence-corrected chi connectivity index (χ3v) is 6.36. The average Bonchev–Trinajstić information content (AvgIpc) is 3.20. The van der Waals surface area contributed by atoms with Crippen LogP contribution >= 0.6 is 46.5 Å². The van der Waals surface area contributed by atoms with Gasteiger partial charge in [0.2, 0.25) is 11.8 Å². The van der Waals surface area contributed by atoms with Gasteiger partial charge in [-0.05, 0) is 37.4 Å². The Bertz CT molecular complexity index is 879. The third-order valence-electron chi connectivity index (χ3n) is 3.01. The highest BCUT2D eigenvalue weighted by molar-refractivity contribution is 8.00. The third kappa shape index (κ3) is 4.75. The van der Waals surface area contributed by atoms with Crippen LogP contribution in [0.2, 0.25) is 5.02 Å². The molecular formula is C15H13ClN4O2S3. The molecule has 3 aromatic rings. The van der Waals surface area contributed by atoms with Crippen molar-refractivity contribution >= 4 is 57.5 Å². The van der Waals surface area contributed by atoms with Gasteiger partial charge in [-0.1, -0.05) is 34.7 Å². The quantitative estimate of drug-likeness (QED) is 0.592. The largest absolute Gasteiger partial charge is 0.411 e. The number of aryl methyl sites for hydroxylation is 1. The summed E-state index contributed by atoms with van der Waals surface area (Å²) in [5.41, 5.74) is 1.70. The number of thioether (sulfide) groups is 2. The molecule has 0 bridgehead atoms. The van der Waals surface area contributed by atoms with E-state index in [0.717, 1.165) is 15.5 Å². The van der Waals surface area contributed by atoms with E-state index in [4.69, 9.17) is 16.0 Å². The molecule has 0 spiro atoms. The molecule has 130 valence electrons. The van der Waals surface area contributed by atoms with Crippen molar-refractivity contribution in [3.63, 3.8) is 0 Å². The summed E-state index contributed by atoms with van der Waals surface area (Å²) in [7, 11) is 0. The van der Waals surface area contributed by atoms with Gasteiger partial charge in [-0.3, -0.25) is 4.79 Å². The van der Waals surface area contributed by atoms with Crippen LogP contribution in [0.25, 0.3) is 11.5 Å². The van der Waals surface area contributed by atoms with E-state index < -0.39 is 0 Å². The molecule has 0 saturated carbocycles. The lowest BCUT2D eigenvalue weighted by Crippen LogP contribution is -2.13. The summed E-state index contributed by atoms with van der Waals surface area (Å²) in [5, 5.41) is 12.3. The Kier molecular flexibility index (Phi) is 6.00. The maximum Gasteiger partial charge on any atom is 0.277 e. The predicted molar refractivity (Wildman–Crippen MR) is 103 cm³/mol. The number of rotatable bonds is 6. The Hall–Kier alpha value is -1.55. The van der Waals surface area contributed by atoms with Gasteiger partial charge >= 0.3 is 0 Å². The van der Waals surface area contributed by atoms with Crippen molar-refractivity contribution in [2.75, 3.05) is 17.3 Å². The number of hydrogen-bond donors (Lipinski definition) is 1. The molecule has 0 radical (unpaired) electrons. The monoisotopic (exact) mass is 412 g/mol. The highest BCUT2D eigenvalue weighted by atomic mass is 35.5. The van der Waals surface area contributed by atoms with Crippen LogP contribution in [-0.2, 0) is 4.79 Å². The molecule has 0 aliphatic heterocycles. The zero-order valence-electron chi connectivity index (χ0n) is 13.3. The van der Waals surface area contributed by atoms with Crippen molar-refractivity contribution in [1.29, 1.82) is 0 Å². The summed E-state index contributed by atoms with van der Waals surface area (Å²) < 4.78 is 6.64. The fourth-order valence-corrected chi connectivity index (χ4v) is 4.20. The van der Waals surface area contributed by atoms with E-state index in [1.54, 1.807) is 36.0 Å². The Morgan fingerprint density at radius 2 is 2.08 bits per heavy atom.